The van der Waals surface area contributed by atoms with Crippen molar-refractivity contribution in [3.05, 3.63) is 59.7 Å². The summed E-state index contributed by atoms with van der Waals surface area (Å²) in [6, 6.07) is 13.8. The monoisotopic (exact) mass is 321 g/mol. The van der Waals surface area contributed by atoms with E-state index < -0.39 is 0 Å². The summed E-state index contributed by atoms with van der Waals surface area (Å²) < 4.78 is 0. The van der Waals surface area contributed by atoms with Crippen LogP contribution in [0.3, 0.4) is 0 Å². The van der Waals surface area contributed by atoms with Crippen molar-refractivity contribution < 1.29 is 9.59 Å². The Morgan fingerprint density at radius 2 is 1.83 bits per heavy atom. The highest BCUT2D eigenvalue weighted by Gasteiger charge is 2.29. The van der Waals surface area contributed by atoms with E-state index >= 15 is 0 Å². The standard InChI is InChI=1S/C21H23NO2/c1-15(2)13-20(23)22-12-6-9-17(14-22)21(24)19-11-5-8-16-7-3-4-10-18(16)19/h3-5,7-8,10-11,13,17H,6,9,12,14H2,1-2H3/t17-/m1/s1. The Kier molecular flexibility index (Phi) is 4.79. The zero-order valence-corrected chi connectivity index (χ0v) is 14.3. The molecular formula is C21H23NO2. The maximum absolute atomic E-state index is 13.1. The number of carbonyl (C=O) groups is 2. The number of nitrogens with zero attached hydrogens (tertiary/aromatic N) is 1. The molecule has 1 heterocycles. The van der Waals surface area contributed by atoms with Gasteiger partial charge in [0.05, 0.1) is 0 Å². The van der Waals surface area contributed by atoms with Crippen molar-refractivity contribution in [3.63, 3.8) is 0 Å². The number of fused-ring (bicyclic) bond motifs is 1. The number of Topliss-reactive ketones (excluding diaryl/α,β-unsaturated/α-hetero) is 1. The molecule has 0 aromatic heterocycles. The van der Waals surface area contributed by atoms with Crippen LogP contribution in [-0.4, -0.2) is 29.7 Å². The lowest BCUT2D eigenvalue weighted by Gasteiger charge is -2.31. The molecule has 0 bridgehead atoms. The first-order valence-corrected chi connectivity index (χ1v) is 8.52. The van der Waals surface area contributed by atoms with Gasteiger partial charge in [0.1, 0.15) is 0 Å². The van der Waals surface area contributed by atoms with Crippen molar-refractivity contribution in [1.29, 1.82) is 0 Å². The number of hydrogen-bond acceptors (Lipinski definition) is 2. The predicted molar refractivity (Wildman–Crippen MR) is 97.0 cm³/mol. The average molecular weight is 321 g/mol. The van der Waals surface area contributed by atoms with Crippen LogP contribution in [0.25, 0.3) is 10.8 Å². The Balaban J connectivity index is 1.84. The van der Waals surface area contributed by atoms with Gasteiger partial charge < -0.3 is 4.90 Å². The lowest BCUT2D eigenvalue weighted by Crippen LogP contribution is -2.41. The molecule has 2 aromatic carbocycles. The SMILES string of the molecule is CC(C)=CC(=O)N1CCC[C@@H](C(=O)c2cccc3ccccc23)C1. The molecule has 124 valence electrons. The molecule has 0 saturated carbocycles. The van der Waals surface area contributed by atoms with Crippen molar-refractivity contribution in [2.75, 3.05) is 13.1 Å². The Bertz CT molecular complexity index is 797. The van der Waals surface area contributed by atoms with E-state index in [0.29, 0.717) is 6.54 Å². The van der Waals surface area contributed by atoms with Gasteiger partial charge in [-0.1, -0.05) is 48.0 Å². The van der Waals surface area contributed by atoms with Crippen LogP contribution in [0, 0.1) is 5.92 Å². The molecule has 0 aliphatic carbocycles. The number of allylic oxidation sites excluding steroid dienone is 1. The van der Waals surface area contributed by atoms with Gasteiger partial charge in [-0.05, 0) is 37.5 Å². The molecule has 1 aliphatic rings. The molecule has 1 amide bonds. The number of amides is 1. The van der Waals surface area contributed by atoms with Gasteiger partial charge >= 0.3 is 0 Å². The summed E-state index contributed by atoms with van der Waals surface area (Å²) in [6.45, 7) is 5.09. The van der Waals surface area contributed by atoms with Crippen LogP contribution < -0.4 is 0 Å². The highest BCUT2D eigenvalue weighted by atomic mass is 16.2. The second-order valence-corrected chi connectivity index (χ2v) is 6.74. The highest BCUT2D eigenvalue weighted by molar-refractivity contribution is 6.09. The quantitative estimate of drug-likeness (QED) is 0.627. The van der Waals surface area contributed by atoms with Gasteiger partial charge in [0.2, 0.25) is 5.91 Å². The molecular weight excluding hydrogens is 298 g/mol. The van der Waals surface area contributed by atoms with Gasteiger partial charge in [0, 0.05) is 30.6 Å². The maximum Gasteiger partial charge on any atom is 0.246 e. The lowest BCUT2D eigenvalue weighted by atomic mass is 9.88. The van der Waals surface area contributed by atoms with Gasteiger partial charge in [-0.15, -0.1) is 0 Å². The Labute approximate surface area is 143 Å². The van der Waals surface area contributed by atoms with Crippen LogP contribution in [0.15, 0.2) is 54.1 Å². The van der Waals surface area contributed by atoms with Crippen LogP contribution in [0.1, 0.15) is 37.0 Å². The molecule has 0 radical (unpaired) electrons. The fourth-order valence-corrected chi connectivity index (χ4v) is 3.39. The largest absolute Gasteiger partial charge is 0.338 e. The van der Waals surface area contributed by atoms with E-state index in [1.54, 1.807) is 6.08 Å². The van der Waals surface area contributed by atoms with Crippen molar-refractivity contribution in [2.24, 2.45) is 5.92 Å². The smallest absolute Gasteiger partial charge is 0.246 e. The summed E-state index contributed by atoms with van der Waals surface area (Å²) in [6.07, 6.45) is 3.38. The molecule has 3 nitrogen and oxygen atoms in total. The van der Waals surface area contributed by atoms with E-state index in [4.69, 9.17) is 0 Å². The second-order valence-electron chi connectivity index (χ2n) is 6.74. The number of hydrogen-bond donors (Lipinski definition) is 0. The van der Waals surface area contributed by atoms with E-state index in [1.165, 1.54) is 0 Å². The van der Waals surface area contributed by atoms with Crippen molar-refractivity contribution in [1.82, 2.24) is 4.90 Å². The van der Waals surface area contributed by atoms with Crippen LogP contribution in [0.4, 0.5) is 0 Å². The predicted octanol–water partition coefficient (Wildman–Crippen LogP) is 4.23. The first-order valence-electron chi connectivity index (χ1n) is 8.52. The van der Waals surface area contributed by atoms with Crippen LogP contribution in [-0.2, 0) is 4.79 Å². The zero-order valence-electron chi connectivity index (χ0n) is 14.3. The van der Waals surface area contributed by atoms with Crippen molar-refractivity contribution in [3.8, 4) is 0 Å². The van der Waals surface area contributed by atoms with Gasteiger partial charge in [0.15, 0.2) is 5.78 Å². The van der Waals surface area contributed by atoms with E-state index in [-0.39, 0.29) is 17.6 Å². The number of piperidine rings is 1. The van der Waals surface area contributed by atoms with Crippen LogP contribution in [0.2, 0.25) is 0 Å². The molecule has 0 spiro atoms. The summed E-state index contributed by atoms with van der Waals surface area (Å²) >= 11 is 0. The van der Waals surface area contributed by atoms with Gasteiger partial charge in [0.25, 0.3) is 0 Å². The summed E-state index contributed by atoms with van der Waals surface area (Å²) in [7, 11) is 0. The Hall–Kier alpha value is -2.42. The number of benzene rings is 2. The fourth-order valence-electron chi connectivity index (χ4n) is 3.39. The second kappa shape index (κ2) is 7.00. The normalized spacial score (nSPS) is 17.6. The minimum atomic E-state index is -0.112. The summed E-state index contributed by atoms with van der Waals surface area (Å²) in [5.74, 6) is 0.0611. The first kappa shape index (κ1) is 16.4. The molecule has 1 aliphatic heterocycles. The number of likely N-dealkylation sites (tertiary alicyclic amines) is 1. The van der Waals surface area contributed by atoms with E-state index in [0.717, 1.165) is 41.3 Å². The molecule has 2 aromatic rings. The minimum Gasteiger partial charge on any atom is -0.338 e. The maximum atomic E-state index is 13.1. The van der Waals surface area contributed by atoms with Crippen molar-refractivity contribution in [2.45, 2.75) is 26.7 Å². The van der Waals surface area contributed by atoms with Crippen LogP contribution >= 0.6 is 0 Å². The van der Waals surface area contributed by atoms with E-state index in [2.05, 4.69) is 0 Å². The highest BCUT2D eigenvalue weighted by Crippen LogP contribution is 2.26. The Morgan fingerprint density at radius 3 is 2.62 bits per heavy atom. The molecule has 3 heteroatoms. The molecule has 1 fully saturated rings. The first-order chi connectivity index (χ1) is 11.6. The molecule has 0 unspecified atom stereocenters. The summed E-state index contributed by atoms with van der Waals surface area (Å²) in [5.41, 5.74) is 1.76. The van der Waals surface area contributed by atoms with Crippen LogP contribution in [0.5, 0.6) is 0 Å². The third-order valence-electron chi connectivity index (χ3n) is 4.57. The third-order valence-corrected chi connectivity index (χ3v) is 4.57. The molecule has 1 atom stereocenters. The van der Waals surface area contributed by atoms with Gasteiger partial charge in [-0.25, -0.2) is 0 Å². The van der Waals surface area contributed by atoms with Gasteiger partial charge in [-0.3, -0.25) is 9.59 Å². The number of rotatable bonds is 3. The molecule has 1 saturated heterocycles. The number of carbonyl (C=O) groups excluding carboxylic acids is 2. The third kappa shape index (κ3) is 3.40. The molecule has 24 heavy (non-hydrogen) atoms. The lowest BCUT2D eigenvalue weighted by molar-refractivity contribution is -0.127. The van der Waals surface area contributed by atoms with Gasteiger partial charge in [-0.2, -0.15) is 0 Å². The van der Waals surface area contributed by atoms with E-state index in [9.17, 15) is 9.59 Å². The Morgan fingerprint density at radius 1 is 1.08 bits per heavy atom. The van der Waals surface area contributed by atoms with Crippen molar-refractivity contribution >= 4 is 22.5 Å². The number of ketones is 1. The average Bonchev–Trinajstić information content (AvgIpc) is 2.60. The summed E-state index contributed by atoms with van der Waals surface area (Å²) in [4.78, 5) is 27.1. The topological polar surface area (TPSA) is 37.4 Å². The fraction of sp³-hybridized carbons (Fsp3) is 0.333. The minimum absolute atomic E-state index is 0.0189. The summed E-state index contributed by atoms with van der Waals surface area (Å²) in [5, 5.41) is 2.08. The molecule has 3 rings (SSSR count). The molecule has 0 N–H and O–H groups in total. The zero-order chi connectivity index (χ0) is 17.1. The van der Waals surface area contributed by atoms with E-state index in [1.807, 2.05) is 61.2 Å².